The second kappa shape index (κ2) is 11.4. The van der Waals surface area contributed by atoms with Gasteiger partial charge in [-0.05, 0) is 66.2 Å². The number of rotatable bonds is 8. The van der Waals surface area contributed by atoms with Crippen LogP contribution in [0.25, 0.3) is 0 Å². The van der Waals surface area contributed by atoms with Gasteiger partial charge in [-0.1, -0.05) is 59.1 Å². The third kappa shape index (κ3) is 6.53. The van der Waals surface area contributed by atoms with E-state index in [2.05, 4.69) is 10.0 Å². The maximum Gasteiger partial charge on any atom is 0.261 e. The van der Waals surface area contributed by atoms with Crippen LogP contribution in [0.4, 0.5) is 10.1 Å². The molecule has 11 heteroatoms. The highest BCUT2D eigenvalue weighted by Crippen LogP contribution is 2.30. The Hall–Kier alpha value is -3.30. The lowest BCUT2D eigenvalue weighted by Gasteiger charge is -2.14. The van der Waals surface area contributed by atoms with Gasteiger partial charge in [0.15, 0.2) is 0 Å². The summed E-state index contributed by atoms with van der Waals surface area (Å²) in [5.74, 6) is -0.444. The molecule has 0 spiro atoms. The molecule has 1 amide bonds. The smallest absolute Gasteiger partial charge is 0.261 e. The number of sulfonamides is 1. The number of para-hydroxylation sites is 1. The summed E-state index contributed by atoms with van der Waals surface area (Å²) in [6.45, 7) is -0.0823. The molecule has 0 aliphatic carbocycles. The molecule has 0 bridgehead atoms. The molecule has 2 N–H and O–H groups in total. The van der Waals surface area contributed by atoms with Gasteiger partial charge in [-0.3, -0.25) is 9.52 Å². The molecule has 0 aromatic heterocycles. The normalized spacial score (nSPS) is 11.1. The molecule has 0 atom stereocenters. The number of halogens is 4. The van der Waals surface area contributed by atoms with E-state index in [1.54, 1.807) is 30.3 Å². The Balaban J connectivity index is 1.51. The van der Waals surface area contributed by atoms with E-state index in [0.717, 1.165) is 0 Å². The first-order valence-electron chi connectivity index (χ1n) is 10.7. The minimum Gasteiger partial charge on any atom is -0.456 e. The Labute approximate surface area is 228 Å². The summed E-state index contributed by atoms with van der Waals surface area (Å²) >= 11 is 18.1. The molecule has 4 aromatic carbocycles. The van der Waals surface area contributed by atoms with Crippen molar-refractivity contribution in [3.63, 3.8) is 0 Å². The van der Waals surface area contributed by atoms with Gasteiger partial charge in [-0.15, -0.1) is 0 Å². The number of carbonyl (C=O) groups is 1. The van der Waals surface area contributed by atoms with Crippen molar-refractivity contribution in [3.05, 3.63) is 117 Å². The SMILES string of the molecule is O=C(NCc1cccc(F)c1Cl)c1cc(Cl)ccc1NS(=O)(=O)c1ccc(Oc2ccccc2Cl)cc1. The third-order valence-electron chi connectivity index (χ3n) is 5.14. The molecule has 0 unspecified atom stereocenters. The molecule has 4 rings (SSSR count). The standard InChI is InChI=1S/C26H18Cl3FN2O4S/c27-17-8-13-23(20(14-17)26(33)31-15-16-4-3-6-22(30)25(16)29)32-37(34,35)19-11-9-18(10-12-19)36-24-7-2-1-5-21(24)28/h1-14,32H,15H2,(H,31,33). The van der Waals surface area contributed by atoms with E-state index in [4.69, 9.17) is 39.5 Å². The van der Waals surface area contributed by atoms with Gasteiger partial charge in [0.1, 0.15) is 17.3 Å². The molecule has 0 aliphatic rings. The number of nitrogens with one attached hydrogen (secondary N) is 2. The summed E-state index contributed by atoms with van der Waals surface area (Å²) < 4.78 is 47.9. The van der Waals surface area contributed by atoms with E-state index in [0.29, 0.717) is 22.1 Å². The highest BCUT2D eigenvalue weighted by Gasteiger charge is 2.20. The van der Waals surface area contributed by atoms with Crippen molar-refractivity contribution in [3.8, 4) is 11.5 Å². The van der Waals surface area contributed by atoms with Gasteiger partial charge in [-0.2, -0.15) is 0 Å². The number of benzene rings is 4. The molecule has 0 fully saturated rings. The summed E-state index contributed by atoms with van der Waals surface area (Å²) in [6, 6.07) is 20.9. The number of hydrogen-bond acceptors (Lipinski definition) is 4. The second-order valence-corrected chi connectivity index (χ2v) is 10.6. The summed E-state index contributed by atoms with van der Waals surface area (Å²) in [6.07, 6.45) is 0. The van der Waals surface area contributed by atoms with Gasteiger partial charge >= 0.3 is 0 Å². The fraction of sp³-hybridized carbons (Fsp3) is 0.0385. The average molecular weight is 580 g/mol. The molecule has 190 valence electrons. The summed E-state index contributed by atoms with van der Waals surface area (Å²) in [7, 11) is -4.08. The number of anilines is 1. The summed E-state index contributed by atoms with van der Waals surface area (Å²) in [5.41, 5.74) is 0.337. The highest BCUT2D eigenvalue weighted by molar-refractivity contribution is 7.92. The molecule has 0 radical (unpaired) electrons. The number of amides is 1. The van der Waals surface area contributed by atoms with Crippen LogP contribution in [0.1, 0.15) is 15.9 Å². The molecule has 0 aliphatic heterocycles. The van der Waals surface area contributed by atoms with Crippen molar-refractivity contribution in [1.29, 1.82) is 0 Å². The minimum absolute atomic E-state index is 0.00336. The Morgan fingerprint density at radius 1 is 0.892 bits per heavy atom. The zero-order chi connectivity index (χ0) is 26.6. The fourth-order valence-corrected chi connectivity index (χ4v) is 4.91. The van der Waals surface area contributed by atoms with Crippen LogP contribution in [0, 0.1) is 5.82 Å². The van der Waals surface area contributed by atoms with E-state index >= 15 is 0 Å². The van der Waals surface area contributed by atoms with E-state index < -0.39 is 21.7 Å². The number of carbonyl (C=O) groups excluding carboxylic acids is 1. The molecule has 0 saturated carbocycles. The molecule has 6 nitrogen and oxygen atoms in total. The first kappa shape index (κ1) is 26.8. The maximum atomic E-state index is 13.7. The summed E-state index contributed by atoms with van der Waals surface area (Å²) in [5, 5.41) is 3.12. The van der Waals surface area contributed by atoms with Gasteiger partial charge in [0.05, 0.1) is 26.2 Å². The lowest BCUT2D eigenvalue weighted by molar-refractivity contribution is 0.0951. The predicted octanol–water partition coefficient (Wildman–Crippen LogP) is 7.31. The van der Waals surface area contributed by atoms with Crippen molar-refractivity contribution in [2.45, 2.75) is 11.4 Å². The predicted molar refractivity (Wildman–Crippen MR) is 143 cm³/mol. The molecule has 4 aromatic rings. The topological polar surface area (TPSA) is 84.5 Å². The maximum absolute atomic E-state index is 13.7. The van der Waals surface area contributed by atoms with Crippen LogP contribution < -0.4 is 14.8 Å². The first-order valence-corrected chi connectivity index (χ1v) is 13.3. The van der Waals surface area contributed by atoms with Crippen molar-refractivity contribution in [2.75, 3.05) is 4.72 Å². The lowest BCUT2D eigenvalue weighted by atomic mass is 10.1. The fourth-order valence-electron chi connectivity index (χ4n) is 3.29. The molecular formula is C26H18Cl3FN2O4S. The van der Waals surface area contributed by atoms with Crippen LogP contribution in [-0.2, 0) is 16.6 Å². The molecule has 0 saturated heterocycles. The van der Waals surface area contributed by atoms with Gasteiger partial charge in [0.2, 0.25) is 0 Å². The van der Waals surface area contributed by atoms with Crippen LogP contribution in [-0.4, -0.2) is 14.3 Å². The molecule has 37 heavy (non-hydrogen) atoms. The van der Waals surface area contributed by atoms with E-state index in [1.165, 1.54) is 54.6 Å². The van der Waals surface area contributed by atoms with E-state index in [-0.39, 0.29) is 32.7 Å². The monoisotopic (exact) mass is 578 g/mol. The van der Waals surface area contributed by atoms with Crippen molar-refractivity contribution in [2.24, 2.45) is 0 Å². The zero-order valence-electron chi connectivity index (χ0n) is 18.8. The second-order valence-electron chi connectivity index (χ2n) is 7.69. The Morgan fingerprint density at radius 2 is 1.62 bits per heavy atom. The zero-order valence-corrected chi connectivity index (χ0v) is 21.9. The Kier molecular flexibility index (Phi) is 8.24. The number of hydrogen-bond donors (Lipinski definition) is 2. The summed E-state index contributed by atoms with van der Waals surface area (Å²) in [4.78, 5) is 12.8. The number of ether oxygens (including phenoxy) is 1. The van der Waals surface area contributed by atoms with E-state index in [9.17, 15) is 17.6 Å². The van der Waals surface area contributed by atoms with Crippen molar-refractivity contribution < 1.29 is 22.3 Å². The van der Waals surface area contributed by atoms with Crippen LogP contribution in [0.5, 0.6) is 11.5 Å². The molecular weight excluding hydrogens is 562 g/mol. The van der Waals surface area contributed by atoms with Crippen LogP contribution in [0.15, 0.2) is 89.8 Å². The van der Waals surface area contributed by atoms with Crippen LogP contribution in [0.2, 0.25) is 15.1 Å². The van der Waals surface area contributed by atoms with Crippen LogP contribution in [0.3, 0.4) is 0 Å². The Bertz CT molecular complexity index is 1560. The van der Waals surface area contributed by atoms with E-state index in [1.807, 2.05) is 0 Å². The van der Waals surface area contributed by atoms with Gasteiger partial charge in [-0.25, -0.2) is 12.8 Å². The quantitative estimate of drug-likeness (QED) is 0.229. The van der Waals surface area contributed by atoms with Crippen molar-refractivity contribution in [1.82, 2.24) is 5.32 Å². The van der Waals surface area contributed by atoms with Gasteiger partial charge < -0.3 is 10.1 Å². The first-order chi connectivity index (χ1) is 17.6. The molecule has 0 heterocycles. The lowest BCUT2D eigenvalue weighted by Crippen LogP contribution is -2.25. The minimum atomic E-state index is -4.08. The largest absolute Gasteiger partial charge is 0.456 e. The van der Waals surface area contributed by atoms with Gasteiger partial charge in [0, 0.05) is 11.6 Å². The Morgan fingerprint density at radius 3 is 2.35 bits per heavy atom. The van der Waals surface area contributed by atoms with Crippen LogP contribution >= 0.6 is 34.8 Å². The van der Waals surface area contributed by atoms with Crippen molar-refractivity contribution >= 4 is 56.4 Å². The highest BCUT2D eigenvalue weighted by atomic mass is 35.5. The average Bonchev–Trinajstić information content (AvgIpc) is 2.87. The van der Waals surface area contributed by atoms with Gasteiger partial charge in [0.25, 0.3) is 15.9 Å². The third-order valence-corrected chi connectivity index (χ3v) is 7.49.